The molecule has 2 N–H and O–H groups in total. The van der Waals surface area contributed by atoms with Crippen LogP contribution < -0.4 is 14.8 Å². The van der Waals surface area contributed by atoms with E-state index in [1.54, 1.807) is 13.0 Å². The van der Waals surface area contributed by atoms with Crippen molar-refractivity contribution in [1.82, 2.24) is 5.32 Å². The van der Waals surface area contributed by atoms with Gasteiger partial charge in [0.05, 0.1) is 6.54 Å². The van der Waals surface area contributed by atoms with Gasteiger partial charge in [0.2, 0.25) is 0 Å². The lowest BCUT2D eigenvalue weighted by Crippen LogP contribution is -2.40. The Morgan fingerprint density at radius 2 is 2.04 bits per heavy atom. The molecule has 0 bridgehead atoms. The van der Waals surface area contributed by atoms with Crippen LogP contribution in [0.4, 0.5) is 0 Å². The zero-order valence-electron chi connectivity index (χ0n) is 13.1. The lowest BCUT2D eigenvalue weighted by Gasteiger charge is -2.26. The highest BCUT2D eigenvalue weighted by molar-refractivity contribution is 5.96. The first-order valence-electron chi connectivity index (χ1n) is 7.61. The molecule has 0 aliphatic carbocycles. The number of fused-ring (bicyclic) bond motifs is 1. The zero-order valence-corrected chi connectivity index (χ0v) is 13.1. The molecule has 7 heteroatoms. The molecule has 126 valence electrons. The van der Waals surface area contributed by atoms with E-state index >= 15 is 0 Å². The molecule has 1 aromatic heterocycles. The first-order valence-corrected chi connectivity index (χ1v) is 7.61. The number of furan rings is 1. The number of aromatic carboxylic acids is 1. The van der Waals surface area contributed by atoms with Crippen molar-refractivity contribution in [1.29, 1.82) is 0 Å². The van der Waals surface area contributed by atoms with Gasteiger partial charge in [-0.2, -0.15) is 0 Å². The minimum atomic E-state index is -1.12. The average molecular weight is 331 g/mol. The Kier molecular flexibility index (Phi) is 4.41. The summed E-state index contributed by atoms with van der Waals surface area (Å²) in [4.78, 5) is 23.3. The summed E-state index contributed by atoms with van der Waals surface area (Å²) in [5.74, 6) is -0.0534. The Morgan fingerprint density at radius 3 is 2.71 bits per heavy atom. The molecule has 1 aliphatic heterocycles. The van der Waals surface area contributed by atoms with Gasteiger partial charge in [-0.15, -0.1) is 0 Å². The topological polar surface area (TPSA) is 98.0 Å². The Labute approximate surface area is 138 Å². The maximum absolute atomic E-state index is 12.1. The molecule has 0 spiro atoms. The van der Waals surface area contributed by atoms with Crippen molar-refractivity contribution < 1.29 is 28.6 Å². The number of carbonyl (C=O) groups excluding carboxylic acids is 1. The Balaban J connectivity index is 1.61. The summed E-state index contributed by atoms with van der Waals surface area (Å²) in [5, 5.41) is 11.8. The van der Waals surface area contributed by atoms with Crippen LogP contribution in [-0.4, -0.2) is 36.2 Å². The van der Waals surface area contributed by atoms with Crippen LogP contribution in [0.2, 0.25) is 0 Å². The second-order valence-corrected chi connectivity index (χ2v) is 5.31. The monoisotopic (exact) mass is 331 g/mol. The van der Waals surface area contributed by atoms with Gasteiger partial charge in [-0.3, -0.25) is 4.79 Å². The van der Waals surface area contributed by atoms with Crippen LogP contribution in [0, 0.1) is 0 Å². The fraction of sp³-hybridized carbons (Fsp3) is 0.294. The summed E-state index contributed by atoms with van der Waals surface area (Å²) in [6.45, 7) is 2.30. The first-order chi connectivity index (χ1) is 11.6. The Morgan fingerprint density at radius 1 is 1.29 bits per heavy atom. The van der Waals surface area contributed by atoms with E-state index in [4.69, 9.17) is 19.0 Å². The van der Waals surface area contributed by atoms with Crippen LogP contribution in [0.1, 0.15) is 33.6 Å². The lowest BCUT2D eigenvalue weighted by atomic mass is 10.2. The Hall–Kier alpha value is -2.96. The quantitative estimate of drug-likeness (QED) is 0.871. The summed E-state index contributed by atoms with van der Waals surface area (Å²) in [7, 11) is 0. The number of rotatable bonds is 5. The summed E-state index contributed by atoms with van der Waals surface area (Å²) in [6, 6.07) is 8.54. The number of amides is 1. The number of aryl methyl sites for hydroxylation is 1. The fourth-order valence-electron chi connectivity index (χ4n) is 2.44. The van der Waals surface area contributed by atoms with Gasteiger partial charge in [-0.25, -0.2) is 4.79 Å². The summed E-state index contributed by atoms with van der Waals surface area (Å²) in [6.07, 6.45) is 0.0639. The molecule has 0 saturated carbocycles. The molecule has 0 saturated heterocycles. The molecule has 1 aliphatic rings. The van der Waals surface area contributed by atoms with Crippen molar-refractivity contribution >= 4 is 11.9 Å². The van der Waals surface area contributed by atoms with Crippen molar-refractivity contribution in [3.8, 4) is 11.5 Å². The fourth-order valence-corrected chi connectivity index (χ4v) is 2.44. The van der Waals surface area contributed by atoms with E-state index in [9.17, 15) is 9.59 Å². The minimum absolute atomic E-state index is 0.00817. The molecule has 0 fully saturated rings. The standard InChI is InChI=1S/C17H17NO6/c1-2-12-11(17(20)21)7-15(24-12)16(19)18-8-10-9-22-13-5-3-4-6-14(13)23-10/h3-7,10H,2,8-9H2,1H3,(H,18,19)(H,20,21). The van der Waals surface area contributed by atoms with Crippen LogP contribution in [0.25, 0.3) is 0 Å². The van der Waals surface area contributed by atoms with Crippen molar-refractivity contribution in [2.45, 2.75) is 19.4 Å². The third-order valence-corrected chi connectivity index (χ3v) is 3.64. The predicted molar refractivity (Wildman–Crippen MR) is 83.7 cm³/mol. The molecular formula is C17H17NO6. The lowest BCUT2D eigenvalue weighted by molar-refractivity contribution is 0.0693. The van der Waals surface area contributed by atoms with Gasteiger partial charge in [-0.05, 0) is 12.1 Å². The number of carbonyl (C=O) groups is 2. The number of hydrogen-bond donors (Lipinski definition) is 2. The highest BCUT2D eigenvalue weighted by Crippen LogP contribution is 2.30. The number of nitrogens with one attached hydrogen (secondary N) is 1. The molecule has 1 amide bonds. The second kappa shape index (κ2) is 6.66. The van der Waals surface area contributed by atoms with Gasteiger partial charge in [0, 0.05) is 12.5 Å². The predicted octanol–water partition coefficient (Wildman–Crippen LogP) is 2.11. The highest BCUT2D eigenvalue weighted by atomic mass is 16.6. The summed E-state index contributed by atoms with van der Waals surface area (Å²) in [5.41, 5.74) is 0.00817. The van der Waals surface area contributed by atoms with Crippen molar-refractivity contribution in [2.24, 2.45) is 0 Å². The third kappa shape index (κ3) is 3.19. The van der Waals surface area contributed by atoms with E-state index in [0.29, 0.717) is 24.5 Å². The van der Waals surface area contributed by atoms with Crippen molar-refractivity contribution in [3.05, 3.63) is 47.4 Å². The summed E-state index contributed by atoms with van der Waals surface area (Å²) >= 11 is 0. The molecule has 1 unspecified atom stereocenters. The van der Waals surface area contributed by atoms with Gasteiger partial charge < -0.3 is 24.3 Å². The zero-order chi connectivity index (χ0) is 17.1. The SMILES string of the molecule is CCc1oc(C(=O)NCC2COc3ccccc3O2)cc1C(=O)O. The van der Waals surface area contributed by atoms with Gasteiger partial charge in [0.25, 0.3) is 5.91 Å². The molecule has 1 aromatic carbocycles. The number of benzene rings is 1. The Bertz CT molecular complexity index is 766. The highest BCUT2D eigenvalue weighted by Gasteiger charge is 2.23. The van der Waals surface area contributed by atoms with E-state index in [2.05, 4.69) is 5.32 Å². The third-order valence-electron chi connectivity index (χ3n) is 3.64. The number of carboxylic acids is 1. The number of hydrogen-bond acceptors (Lipinski definition) is 5. The second-order valence-electron chi connectivity index (χ2n) is 5.31. The van der Waals surface area contributed by atoms with Crippen LogP contribution in [-0.2, 0) is 6.42 Å². The molecule has 0 radical (unpaired) electrons. The molecular weight excluding hydrogens is 314 g/mol. The van der Waals surface area contributed by atoms with E-state index in [1.807, 2.05) is 18.2 Å². The number of para-hydroxylation sites is 2. The van der Waals surface area contributed by atoms with E-state index in [-0.39, 0.29) is 29.7 Å². The molecule has 1 atom stereocenters. The van der Waals surface area contributed by atoms with Crippen LogP contribution in [0.15, 0.2) is 34.7 Å². The van der Waals surface area contributed by atoms with Crippen molar-refractivity contribution in [3.63, 3.8) is 0 Å². The smallest absolute Gasteiger partial charge is 0.339 e. The van der Waals surface area contributed by atoms with Gasteiger partial charge in [-0.1, -0.05) is 19.1 Å². The van der Waals surface area contributed by atoms with Gasteiger partial charge in [0.1, 0.15) is 24.0 Å². The molecule has 2 aromatic rings. The molecule has 2 heterocycles. The number of carboxylic acid groups (broad SMARTS) is 1. The maximum atomic E-state index is 12.1. The minimum Gasteiger partial charge on any atom is -0.486 e. The van der Waals surface area contributed by atoms with Gasteiger partial charge in [0.15, 0.2) is 17.3 Å². The maximum Gasteiger partial charge on any atom is 0.339 e. The molecule has 7 nitrogen and oxygen atoms in total. The average Bonchev–Trinajstić information content (AvgIpc) is 3.04. The van der Waals surface area contributed by atoms with Crippen LogP contribution in [0.5, 0.6) is 11.5 Å². The van der Waals surface area contributed by atoms with Crippen LogP contribution in [0.3, 0.4) is 0 Å². The van der Waals surface area contributed by atoms with Crippen LogP contribution >= 0.6 is 0 Å². The van der Waals surface area contributed by atoms with E-state index < -0.39 is 11.9 Å². The molecule has 3 rings (SSSR count). The van der Waals surface area contributed by atoms with Crippen molar-refractivity contribution in [2.75, 3.05) is 13.2 Å². The van der Waals surface area contributed by atoms with E-state index in [1.165, 1.54) is 6.07 Å². The van der Waals surface area contributed by atoms with E-state index in [0.717, 1.165) is 0 Å². The molecule has 24 heavy (non-hydrogen) atoms. The first kappa shape index (κ1) is 15.9. The number of ether oxygens (including phenoxy) is 2. The summed E-state index contributed by atoms with van der Waals surface area (Å²) < 4.78 is 16.6. The normalized spacial score (nSPS) is 15.8. The largest absolute Gasteiger partial charge is 0.486 e. The van der Waals surface area contributed by atoms with Gasteiger partial charge >= 0.3 is 5.97 Å².